The van der Waals surface area contributed by atoms with Crippen molar-refractivity contribution < 1.29 is 4.79 Å². The number of carbonyl (C=O) groups excluding carboxylic acids is 1. The van der Waals surface area contributed by atoms with E-state index in [-0.39, 0.29) is 23.3 Å². The predicted octanol–water partition coefficient (Wildman–Crippen LogP) is 3.95. The lowest BCUT2D eigenvalue weighted by atomic mass is 9.97. The highest BCUT2D eigenvalue weighted by Crippen LogP contribution is 2.28. The molecular weight excluding hydrogens is 402 g/mol. The molecule has 7 heteroatoms. The molecule has 0 radical (unpaired) electrons. The van der Waals surface area contributed by atoms with Crippen molar-refractivity contribution in [1.82, 2.24) is 24.6 Å². The van der Waals surface area contributed by atoms with Crippen molar-refractivity contribution in [3.8, 4) is 0 Å². The Hall–Kier alpha value is -3.48. The van der Waals surface area contributed by atoms with E-state index < -0.39 is 0 Å². The van der Waals surface area contributed by atoms with E-state index in [0.29, 0.717) is 36.1 Å². The standard InChI is InChI=1S/C25H27N5O2/c1-16(2)14-30-24(31)19-10-4-3-9-18(19)22(28-30)25(32)29-13-7-8-17(15-29)23-26-20-11-5-6-12-21(20)27-23/h3-6,9-12,16-17H,7-8,13-15H2,1-2H3,(H,26,27). The molecular formula is C25H27N5O2. The molecule has 1 aliphatic rings. The monoisotopic (exact) mass is 429 g/mol. The van der Waals surface area contributed by atoms with Gasteiger partial charge in [-0.05, 0) is 37.0 Å². The molecule has 2 aromatic heterocycles. The molecule has 0 saturated carbocycles. The highest BCUT2D eigenvalue weighted by molar-refractivity contribution is 6.04. The number of para-hydroxylation sites is 2. The van der Waals surface area contributed by atoms with Gasteiger partial charge in [-0.15, -0.1) is 0 Å². The summed E-state index contributed by atoms with van der Waals surface area (Å²) in [5, 5.41) is 5.70. The smallest absolute Gasteiger partial charge is 0.274 e. The molecule has 1 aliphatic heterocycles. The molecule has 164 valence electrons. The van der Waals surface area contributed by atoms with Crippen molar-refractivity contribution in [3.05, 3.63) is 70.4 Å². The summed E-state index contributed by atoms with van der Waals surface area (Å²) in [6.07, 6.45) is 1.88. The van der Waals surface area contributed by atoms with Crippen molar-refractivity contribution in [2.24, 2.45) is 5.92 Å². The Morgan fingerprint density at radius 2 is 1.88 bits per heavy atom. The molecule has 1 N–H and O–H groups in total. The normalized spacial score (nSPS) is 16.8. The van der Waals surface area contributed by atoms with Crippen LogP contribution >= 0.6 is 0 Å². The molecule has 1 saturated heterocycles. The van der Waals surface area contributed by atoms with Gasteiger partial charge in [-0.25, -0.2) is 9.67 Å². The Morgan fingerprint density at radius 3 is 2.66 bits per heavy atom. The van der Waals surface area contributed by atoms with E-state index in [0.717, 1.165) is 29.7 Å². The topological polar surface area (TPSA) is 83.9 Å². The molecule has 7 nitrogen and oxygen atoms in total. The average molecular weight is 430 g/mol. The number of benzene rings is 2. The lowest BCUT2D eigenvalue weighted by Gasteiger charge is -2.32. The molecule has 1 atom stereocenters. The van der Waals surface area contributed by atoms with Gasteiger partial charge in [-0.3, -0.25) is 9.59 Å². The Morgan fingerprint density at radius 1 is 1.12 bits per heavy atom. The number of carbonyl (C=O) groups is 1. The molecule has 32 heavy (non-hydrogen) atoms. The molecule has 0 bridgehead atoms. The first-order chi connectivity index (χ1) is 15.5. The van der Waals surface area contributed by atoms with Crippen LogP contribution in [-0.2, 0) is 6.54 Å². The van der Waals surface area contributed by atoms with E-state index in [2.05, 4.69) is 10.1 Å². The number of nitrogens with one attached hydrogen (secondary N) is 1. The second-order valence-electron chi connectivity index (χ2n) is 9.00. The molecule has 5 rings (SSSR count). The number of likely N-dealkylation sites (tertiary alicyclic amines) is 1. The largest absolute Gasteiger partial charge is 0.342 e. The first-order valence-electron chi connectivity index (χ1n) is 11.2. The van der Waals surface area contributed by atoms with Gasteiger partial charge in [0.25, 0.3) is 11.5 Å². The summed E-state index contributed by atoms with van der Waals surface area (Å²) in [5.74, 6) is 1.19. The van der Waals surface area contributed by atoms with E-state index in [9.17, 15) is 9.59 Å². The third-order valence-corrected chi connectivity index (χ3v) is 6.11. The van der Waals surface area contributed by atoms with Crippen LogP contribution < -0.4 is 5.56 Å². The van der Waals surface area contributed by atoms with Crippen LogP contribution in [0.15, 0.2) is 53.3 Å². The van der Waals surface area contributed by atoms with E-state index in [1.165, 1.54) is 4.68 Å². The van der Waals surface area contributed by atoms with E-state index in [4.69, 9.17) is 4.98 Å². The molecule has 0 aliphatic carbocycles. The number of aromatic nitrogens is 4. The number of aromatic amines is 1. The SMILES string of the molecule is CC(C)Cn1nc(C(=O)N2CCCC(c3nc4ccccc4[nH]3)C2)c2ccccc2c1=O. The van der Waals surface area contributed by atoms with Gasteiger partial charge in [0.1, 0.15) is 5.82 Å². The van der Waals surface area contributed by atoms with Gasteiger partial charge >= 0.3 is 0 Å². The minimum atomic E-state index is -0.148. The average Bonchev–Trinajstić information content (AvgIpc) is 3.25. The van der Waals surface area contributed by atoms with Gasteiger partial charge in [0, 0.05) is 30.9 Å². The van der Waals surface area contributed by atoms with Gasteiger partial charge in [0.2, 0.25) is 0 Å². The minimum absolute atomic E-state index is 0.125. The summed E-state index contributed by atoms with van der Waals surface area (Å²) in [4.78, 5) is 36.6. The third kappa shape index (κ3) is 3.68. The summed E-state index contributed by atoms with van der Waals surface area (Å²) < 4.78 is 1.45. The summed E-state index contributed by atoms with van der Waals surface area (Å²) in [6.45, 7) is 5.80. The van der Waals surface area contributed by atoms with Crippen LogP contribution in [0.2, 0.25) is 0 Å². The molecule has 4 aromatic rings. The zero-order chi connectivity index (χ0) is 22.2. The second kappa shape index (κ2) is 8.22. The Labute approximate surface area is 186 Å². The predicted molar refractivity (Wildman–Crippen MR) is 125 cm³/mol. The summed E-state index contributed by atoms with van der Waals surface area (Å²) in [5.41, 5.74) is 2.16. The number of hydrogen-bond acceptors (Lipinski definition) is 4. The van der Waals surface area contributed by atoms with Gasteiger partial charge in [0.15, 0.2) is 5.69 Å². The molecule has 2 aromatic carbocycles. The van der Waals surface area contributed by atoms with Crippen molar-refractivity contribution in [1.29, 1.82) is 0 Å². The molecule has 1 fully saturated rings. The van der Waals surface area contributed by atoms with Gasteiger partial charge < -0.3 is 9.88 Å². The van der Waals surface area contributed by atoms with Crippen LogP contribution in [0.25, 0.3) is 21.8 Å². The second-order valence-corrected chi connectivity index (χ2v) is 9.00. The Kier molecular flexibility index (Phi) is 5.25. The Balaban J connectivity index is 1.49. The quantitative estimate of drug-likeness (QED) is 0.532. The number of piperidine rings is 1. The van der Waals surface area contributed by atoms with Crippen LogP contribution in [0.1, 0.15) is 48.9 Å². The number of amides is 1. The summed E-state index contributed by atoms with van der Waals surface area (Å²) >= 11 is 0. The zero-order valence-corrected chi connectivity index (χ0v) is 18.4. The minimum Gasteiger partial charge on any atom is -0.342 e. The summed E-state index contributed by atoms with van der Waals surface area (Å²) in [6, 6.07) is 15.3. The lowest BCUT2D eigenvalue weighted by Crippen LogP contribution is -2.41. The highest BCUT2D eigenvalue weighted by Gasteiger charge is 2.29. The Bertz CT molecular complexity index is 1320. The van der Waals surface area contributed by atoms with Gasteiger partial charge in [0.05, 0.1) is 16.4 Å². The van der Waals surface area contributed by atoms with Crippen LogP contribution in [-0.4, -0.2) is 43.6 Å². The number of H-pyrrole nitrogens is 1. The van der Waals surface area contributed by atoms with Crippen molar-refractivity contribution >= 4 is 27.7 Å². The molecule has 1 amide bonds. The number of fused-ring (bicyclic) bond motifs is 2. The van der Waals surface area contributed by atoms with Crippen LogP contribution in [0.5, 0.6) is 0 Å². The van der Waals surface area contributed by atoms with E-state index >= 15 is 0 Å². The molecule has 3 heterocycles. The van der Waals surface area contributed by atoms with Crippen LogP contribution in [0, 0.1) is 5.92 Å². The maximum absolute atomic E-state index is 13.6. The van der Waals surface area contributed by atoms with Crippen molar-refractivity contribution in [3.63, 3.8) is 0 Å². The van der Waals surface area contributed by atoms with E-state index in [1.54, 1.807) is 6.07 Å². The first kappa shape index (κ1) is 20.4. The number of hydrogen-bond donors (Lipinski definition) is 1. The highest BCUT2D eigenvalue weighted by atomic mass is 16.2. The first-order valence-corrected chi connectivity index (χ1v) is 11.2. The van der Waals surface area contributed by atoms with E-state index in [1.807, 2.05) is 61.2 Å². The van der Waals surface area contributed by atoms with Gasteiger partial charge in [-0.2, -0.15) is 5.10 Å². The third-order valence-electron chi connectivity index (χ3n) is 6.11. The lowest BCUT2D eigenvalue weighted by molar-refractivity contribution is 0.0698. The maximum atomic E-state index is 13.6. The van der Waals surface area contributed by atoms with Gasteiger partial charge in [-0.1, -0.05) is 44.2 Å². The maximum Gasteiger partial charge on any atom is 0.274 e. The fourth-order valence-electron chi connectivity index (χ4n) is 4.56. The fraction of sp³-hybridized carbons (Fsp3) is 0.360. The molecule has 0 spiro atoms. The van der Waals surface area contributed by atoms with Crippen molar-refractivity contribution in [2.75, 3.05) is 13.1 Å². The number of nitrogens with zero attached hydrogens (tertiary/aromatic N) is 4. The zero-order valence-electron chi connectivity index (χ0n) is 18.4. The molecule has 1 unspecified atom stereocenters. The fourth-order valence-corrected chi connectivity index (χ4v) is 4.56. The summed E-state index contributed by atoms with van der Waals surface area (Å²) in [7, 11) is 0. The number of rotatable bonds is 4. The van der Waals surface area contributed by atoms with Crippen LogP contribution in [0.4, 0.5) is 0 Å². The number of imidazole rings is 1. The van der Waals surface area contributed by atoms with Crippen LogP contribution in [0.3, 0.4) is 0 Å². The van der Waals surface area contributed by atoms with Crippen molar-refractivity contribution in [2.45, 2.75) is 39.2 Å².